The fourth-order valence-electron chi connectivity index (χ4n) is 1.84. The Morgan fingerprint density at radius 1 is 1.67 bits per heavy atom. The van der Waals surface area contributed by atoms with Gasteiger partial charge in [-0.2, -0.15) is 0 Å². The van der Waals surface area contributed by atoms with Gasteiger partial charge in [0.05, 0.1) is 18.6 Å². The van der Waals surface area contributed by atoms with Gasteiger partial charge >= 0.3 is 0 Å². The van der Waals surface area contributed by atoms with Gasteiger partial charge in [-0.25, -0.2) is 4.98 Å². The Morgan fingerprint density at radius 2 is 2.47 bits per heavy atom. The van der Waals surface area contributed by atoms with Gasteiger partial charge in [0.15, 0.2) is 0 Å². The molecule has 15 heavy (non-hydrogen) atoms. The average molecular weight is 207 g/mol. The zero-order valence-corrected chi connectivity index (χ0v) is 9.07. The van der Waals surface area contributed by atoms with Crippen LogP contribution in [0.4, 0.5) is 0 Å². The van der Waals surface area contributed by atoms with Crippen molar-refractivity contribution in [3.63, 3.8) is 0 Å². The molecule has 0 unspecified atom stereocenters. The summed E-state index contributed by atoms with van der Waals surface area (Å²) >= 11 is 0. The van der Waals surface area contributed by atoms with Crippen LogP contribution in [0.2, 0.25) is 0 Å². The van der Waals surface area contributed by atoms with Crippen LogP contribution in [-0.2, 0) is 11.3 Å². The molecule has 82 valence electrons. The molecule has 0 bridgehead atoms. The van der Waals surface area contributed by atoms with Gasteiger partial charge in [-0.3, -0.25) is 4.79 Å². The first-order valence-corrected chi connectivity index (χ1v) is 5.57. The van der Waals surface area contributed by atoms with Crippen LogP contribution < -0.4 is 0 Å². The van der Waals surface area contributed by atoms with Crippen LogP contribution in [0.25, 0.3) is 0 Å². The first kappa shape index (κ1) is 10.2. The molecule has 2 rings (SSSR count). The van der Waals surface area contributed by atoms with E-state index >= 15 is 0 Å². The molecule has 1 aromatic heterocycles. The van der Waals surface area contributed by atoms with Crippen LogP contribution in [-0.4, -0.2) is 27.3 Å². The summed E-state index contributed by atoms with van der Waals surface area (Å²) in [4.78, 5) is 20.9. The molecule has 1 aromatic rings. The Hall–Kier alpha value is -1.32. The van der Waals surface area contributed by atoms with Gasteiger partial charge < -0.3 is 9.88 Å². The van der Waals surface area contributed by atoms with Crippen molar-refractivity contribution < 1.29 is 4.79 Å². The molecule has 0 radical (unpaired) electrons. The second-order valence-corrected chi connectivity index (χ2v) is 4.06. The topological polar surface area (TPSA) is 49.0 Å². The smallest absolute Gasteiger partial charge is 0.226 e. The molecule has 1 aliphatic carbocycles. The van der Waals surface area contributed by atoms with Crippen molar-refractivity contribution in [2.75, 3.05) is 6.54 Å². The second kappa shape index (κ2) is 4.47. The summed E-state index contributed by atoms with van der Waals surface area (Å²) < 4.78 is 0. The first-order valence-electron chi connectivity index (χ1n) is 5.57. The van der Waals surface area contributed by atoms with E-state index in [1.165, 1.54) is 6.42 Å². The lowest BCUT2D eigenvalue weighted by Crippen LogP contribution is -2.38. The SMILES string of the molecule is CCN(Cc1cnc[nH]1)C(=O)C1CCC1. The molecule has 0 saturated heterocycles. The molecule has 0 spiro atoms. The fraction of sp³-hybridized carbons (Fsp3) is 0.636. The number of imidazole rings is 1. The highest BCUT2D eigenvalue weighted by Crippen LogP contribution is 2.28. The van der Waals surface area contributed by atoms with Crippen molar-refractivity contribution in [2.24, 2.45) is 5.92 Å². The third-order valence-electron chi connectivity index (χ3n) is 3.06. The van der Waals surface area contributed by atoms with Crippen LogP contribution in [0, 0.1) is 5.92 Å². The highest BCUT2D eigenvalue weighted by Gasteiger charge is 2.28. The van der Waals surface area contributed by atoms with Crippen LogP contribution in [0.15, 0.2) is 12.5 Å². The van der Waals surface area contributed by atoms with Crippen molar-refractivity contribution >= 4 is 5.91 Å². The van der Waals surface area contributed by atoms with Crippen molar-refractivity contribution in [2.45, 2.75) is 32.7 Å². The molecular weight excluding hydrogens is 190 g/mol. The van der Waals surface area contributed by atoms with E-state index in [1.54, 1.807) is 12.5 Å². The molecule has 4 heteroatoms. The summed E-state index contributed by atoms with van der Waals surface area (Å²) in [5, 5.41) is 0. The summed E-state index contributed by atoms with van der Waals surface area (Å²) in [6.07, 6.45) is 6.77. The molecule has 0 atom stereocenters. The molecule has 1 aliphatic rings. The monoisotopic (exact) mass is 207 g/mol. The van der Waals surface area contributed by atoms with Crippen LogP contribution in [0.5, 0.6) is 0 Å². The van der Waals surface area contributed by atoms with Crippen molar-refractivity contribution in [1.29, 1.82) is 0 Å². The van der Waals surface area contributed by atoms with E-state index in [4.69, 9.17) is 0 Å². The van der Waals surface area contributed by atoms with E-state index in [-0.39, 0.29) is 5.92 Å². The Morgan fingerprint density at radius 3 is 2.93 bits per heavy atom. The Kier molecular flexibility index (Phi) is 3.04. The minimum atomic E-state index is 0.285. The van der Waals surface area contributed by atoms with Crippen LogP contribution in [0.1, 0.15) is 31.9 Å². The van der Waals surface area contributed by atoms with E-state index < -0.39 is 0 Å². The van der Waals surface area contributed by atoms with Crippen molar-refractivity contribution in [3.05, 3.63) is 18.2 Å². The zero-order valence-electron chi connectivity index (χ0n) is 9.07. The van der Waals surface area contributed by atoms with Gasteiger partial charge in [0, 0.05) is 18.7 Å². The summed E-state index contributed by atoms with van der Waals surface area (Å²) in [5.74, 6) is 0.589. The number of hydrogen-bond donors (Lipinski definition) is 1. The Balaban J connectivity index is 1.94. The van der Waals surface area contributed by atoms with Gasteiger partial charge in [0.1, 0.15) is 0 Å². The number of carbonyl (C=O) groups excluding carboxylic acids is 1. The lowest BCUT2D eigenvalue weighted by Gasteiger charge is -2.30. The third-order valence-corrected chi connectivity index (χ3v) is 3.06. The standard InChI is InChI=1S/C11H17N3O/c1-2-14(7-10-6-12-8-13-10)11(15)9-4-3-5-9/h6,8-9H,2-5,7H2,1H3,(H,12,13). The lowest BCUT2D eigenvalue weighted by atomic mass is 9.84. The number of rotatable bonds is 4. The molecule has 1 N–H and O–H groups in total. The minimum Gasteiger partial charge on any atom is -0.347 e. The van der Waals surface area contributed by atoms with Crippen LogP contribution >= 0.6 is 0 Å². The quantitative estimate of drug-likeness (QED) is 0.814. The summed E-state index contributed by atoms with van der Waals surface area (Å²) in [6, 6.07) is 0. The number of aromatic amines is 1. The number of nitrogens with one attached hydrogen (secondary N) is 1. The number of H-pyrrole nitrogens is 1. The molecule has 0 aliphatic heterocycles. The van der Waals surface area contributed by atoms with Gasteiger partial charge in [-0.1, -0.05) is 6.42 Å². The van der Waals surface area contributed by atoms with Gasteiger partial charge in [-0.05, 0) is 19.8 Å². The van der Waals surface area contributed by atoms with E-state index in [1.807, 2.05) is 11.8 Å². The molecule has 0 aromatic carbocycles. The highest BCUT2D eigenvalue weighted by molar-refractivity contribution is 5.79. The minimum absolute atomic E-state index is 0.285. The number of amides is 1. The zero-order chi connectivity index (χ0) is 10.7. The largest absolute Gasteiger partial charge is 0.347 e. The lowest BCUT2D eigenvalue weighted by molar-refractivity contribution is -0.138. The summed E-state index contributed by atoms with van der Waals surface area (Å²) in [7, 11) is 0. The molecular formula is C11H17N3O. The highest BCUT2D eigenvalue weighted by atomic mass is 16.2. The predicted octanol–water partition coefficient (Wildman–Crippen LogP) is 1.56. The predicted molar refractivity (Wildman–Crippen MR) is 57.0 cm³/mol. The van der Waals surface area contributed by atoms with E-state index in [0.717, 1.165) is 25.1 Å². The van der Waals surface area contributed by atoms with E-state index in [0.29, 0.717) is 12.5 Å². The van der Waals surface area contributed by atoms with Crippen LogP contribution in [0.3, 0.4) is 0 Å². The fourth-order valence-corrected chi connectivity index (χ4v) is 1.84. The molecule has 4 nitrogen and oxygen atoms in total. The number of nitrogens with zero attached hydrogens (tertiary/aromatic N) is 2. The summed E-state index contributed by atoms with van der Waals surface area (Å²) in [5.41, 5.74) is 1.00. The summed E-state index contributed by atoms with van der Waals surface area (Å²) in [6.45, 7) is 3.45. The maximum Gasteiger partial charge on any atom is 0.226 e. The molecule has 1 heterocycles. The molecule has 1 amide bonds. The number of hydrogen-bond acceptors (Lipinski definition) is 2. The Labute approximate surface area is 89.7 Å². The number of carbonyl (C=O) groups is 1. The molecule has 1 fully saturated rings. The second-order valence-electron chi connectivity index (χ2n) is 4.06. The van der Waals surface area contributed by atoms with E-state index in [9.17, 15) is 4.79 Å². The van der Waals surface area contributed by atoms with Gasteiger partial charge in [-0.15, -0.1) is 0 Å². The maximum absolute atomic E-state index is 12.0. The van der Waals surface area contributed by atoms with Crippen molar-refractivity contribution in [1.82, 2.24) is 14.9 Å². The van der Waals surface area contributed by atoms with Gasteiger partial charge in [0.25, 0.3) is 0 Å². The number of aromatic nitrogens is 2. The molecule has 1 saturated carbocycles. The first-order chi connectivity index (χ1) is 7.31. The van der Waals surface area contributed by atoms with Gasteiger partial charge in [0.2, 0.25) is 5.91 Å². The van der Waals surface area contributed by atoms with E-state index in [2.05, 4.69) is 9.97 Å². The Bertz CT molecular complexity index is 317. The average Bonchev–Trinajstić information content (AvgIpc) is 2.63. The normalized spacial score (nSPS) is 16.1. The maximum atomic E-state index is 12.0. The third kappa shape index (κ3) is 2.19. The van der Waals surface area contributed by atoms with Crippen molar-refractivity contribution in [3.8, 4) is 0 Å².